The van der Waals surface area contributed by atoms with Crippen molar-refractivity contribution in [3.63, 3.8) is 0 Å². The number of esters is 1. The molecule has 0 fully saturated rings. The second-order valence-corrected chi connectivity index (χ2v) is 5.52. The molecular weight excluding hydrogens is 344 g/mol. The molecule has 7 heteroatoms. The third-order valence-electron chi connectivity index (χ3n) is 3.52. The van der Waals surface area contributed by atoms with Crippen molar-refractivity contribution in [3.05, 3.63) is 66.0 Å². The van der Waals surface area contributed by atoms with E-state index in [2.05, 4.69) is 15.6 Å². The second-order valence-electron chi connectivity index (χ2n) is 5.52. The Balaban J connectivity index is 2.10. The Labute approximate surface area is 157 Å². The number of nitriles is 1. The van der Waals surface area contributed by atoms with E-state index >= 15 is 0 Å². The van der Waals surface area contributed by atoms with Crippen LogP contribution in [0.2, 0.25) is 0 Å². The minimum atomic E-state index is -0.644. The van der Waals surface area contributed by atoms with Crippen molar-refractivity contribution >= 4 is 23.4 Å². The topological polar surface area (TPSA) is 104 Å². The van der Waals surface area contributed by atoms with Crippen molar-refractivity contribution in [1.29, 1.82) is 5.26 Å². The molecule has 27 heavy (non-hydrogen) atoms. The quantitative estimate of drug-likeness (QED) is 0.321. The van der Waals surface area contributed by atoms with Crippen LogP contribution in [-0.4, -0.2) is 23.5 Å². The van der Waals surface area contributed by atoms with Gasteiger partial charge in [-0.25, -0.2) is 9.78 Å². The van der Waals surface area contributed by atoms with Crippen molar-refractivity contribution in [2.24, 2.45) is 0 Å². The molecule has 0 unspecified atom stereocenters. The number of unbranched alkanes of at least 4 members (excludes halogenated alkanes) is 1. The van der Waals surface area contributed by atoms with E-state index in [1.807, 2.05) is 13.0 Å². The van der Waals surface area contributed by atoms with E-state index in [9.17, 15) is 14.9 Å². The first-order valence-electron chi connectivity index (χ1n) is 8.51. The van der Waals surface area contributed by atoms with Gasteiger partial charge >= 0.3 is 5.97 Å². The van der Waals surface area contributed by atoms with Crippen LogP contribution in [0.3, 0.4) is 0 Å². The lowest BCUT2D eigenvalue weighted by Crippen LogP contribution is -2.18. The van der Waals surface area contributed by atoms with E-state index in [-0.39, 0.29) is 16.8 Å². The third-order valence-corrected chi connectivity index (χ3v) is 3.52. The summed E-state index contributed by atoms with van der Waals surface area (Å²) in [4.78, 5) is 28.6. The lowest BCUT2D eigenvalue weighted by atomic mass is 10.1. The molecule has 1 aromatic heterocycles. The van der Waals surface area contributed by atoms with Gasteiger partial charge in [-0.3, -0.25) is 4.79 Å². The monoisotopic (exact) mass is 364 g/mol. The lowest BCUT2D eigenvalue weighted by molar-refractivity contribution is -0.112. The molecule has 0 spiro atoms. The maximum atomic E-state index is 12.4. The normalized spacial score (nSPS) is 10.6. The molecule has 1 amide bonds. The van der Waals surface area contributed by atoms with Crippen molar-refractivity contribution in [2.45, 2.75) is 19.8 Å². The van der Waals surface area contributed by atoms with E-state index in [1.54, 1.807) is 48.7 Å². The van der Waals surface area contributed by atoms with E-state index in [4.69, 9.17) is 4.74 Å². The summed E-state index contributed by atoms with van der Waals surface area (Å²) in [5.41, 5.74) is 0.356. The number of pyridine rings is 1. The summed E-state index contributed by atoms with van der Waals surface area (Å²) in [6.07, 6.45) is 4.52. The minimum absolute atomic E-state index is 0.158. The smallest absolute Gasteiger partial charge is 0.340 e. The maximum absolute atomic E-state index is 12.4. The number of aromatic nitrogens is 1. The number of amides is 1. The number of benzene rings is 1. The van der Waals surface area contributed by atoms with Gasteiger partial charge in [0.1, 0.15) is 17.5 Å². The van der Waals surface area contributed by atoms with Gasteiger partial charge < -0.3 is 15.4 Å². The van der Waals surface area contributed by atoms with Crippen LogP contribution >= 0.6 is 0 Å². The van der Waals surface area contributed by atoms with E-state index in [0.29, 0.717) is 12.4 Å². The number of nitrogens with one attached hydrogen (secondary N) is 2. The number of para-hydroxylation sites is 1. The Hall–Kier alpha value is -3.66. The van der Waals surface area contributed by atoms with Crippen LogP contribution in [0.15, 0.2) is 60.4 Å². The molecule has 1 heterocycles. The Bertz CT molecular complexity index is 857. The number of carbonyl (C=O) groups excluding carboxylic acids is 2. The summed E-state index contributed by atoms with van der Waals surface area (Å²) < 4.78 is 5.19. The van der Waals surface area contributed by atoms with Gasteiger partial charge in [-0.05, 0) is 30.7 Å². The third kappa shape index (κ3) is 5.97. The lowest BCUT2D eigenvalue weighted by Gasteiger charge is -2.10. The highest BCUT2D eigenvalue weighted by atomic mass is 16.5. The van der Waals surface area contributed by atoms with Gasteiger partial charge in [0.2, 0.25) is 0 Å². The summed E-state index contributed by atoms with van der Waals surface area (Å²) in [5, 5.41) is 14.6. The van der Waals surface area contributed by atoms with Crippen LogP contribution in [-0.2, 0) is 9.53 Å². The summed E-state index contributed by atoms with van der Waals surface area (Å²) in [5.74, 6) is -0.666. The van der Waals surface area contributed by atoms with E-state index in [1.165, 1.54) is 6.20 Å². The molecule has 1 aromatic carbocycles. The average Bonchev–Trinajstić information content (AvgIpc) is 2.70. The number of rotatable bonds is 8. The predicted octanol–water partition coefficient (Wildman–Crippen LogP) is 3.50. The van der Waals surface area contributed by atoms with Crippen LogP contribution in [0.25, 0.3) is 0 Å². The van der Waals surface area contributed by atoms with Gasteiger partial charge in [-0.2, -0.15) is 5.26 Å². The average molecular weight is 364 g/mol. The standard InChI is InChI=1S/C20H20N4O3/c1-2-3-12-27-20(26)16-8-4-5-9-17(16)24-19(25)15(13-21)14-23-18-10-6-7-11-22-18/h4-11,14H,2-3,12H2,1H3,(H,22,23)(H,24,25)/b15-14-. The maximum Gasteiger partial charge on any atom is 0.340 e. The van der Waals surface area contributed by atoms with Crippen LogP contribution in [0.1, 0.15) is 30.1 Å². The largest absolute Gasteiger partial charge is 0.462 e. The first-order valence-corrected chi connectivity index (χ1v) is 8.51. The van der Waals surface area contributed by atoms with Crippen LogP contribution < -0.4 is 10.6 Å². The Morgan fingerprint density at radius 3 is 2.70 bits per heavy atom. The molecule has 0 saturated heterocycles. The first kappa shape index (κ1) is 19.7. The zero-order chi connectivity index (χ0) is 19.5. The van der Waals surface area contributed by atoms with Crippen molar-refractivity contribution in [2.75, 3.05) is 17.2 Å². The number of nitrogens with zero attached hydrogens (tertiary/aromatic N) is 2. The predicted molar refractivity (Wildman–Crippen MR) is 102 cm³/mol. The molecule has 0 aliphatic rings. The van der Waals surface area contributed by atoms with Crippen LogP contribution in [0.5, 0.6) is 0 Å². The number of carbonyl (C=O) groups is 2. The SMILES string of the molecule is CCCCOC(=O)c1ccccc1NC(=O)/C(C#N)=C\Nc1ccccn1. The number of hydrogen-bond donors (Lipinski definition) is 2. The van der Waals surface area contributed by atoms with Gasteiger partial charge in [-0.15, -0.1) is 0 Å². The zero-order valence-electron chi connectivity index (χ0n) is 14.9. The van der Waals surface area contributed by atoms with Gasteiger partial charge in [0, 0.05) is 12.4 Å². The molecule has 138 valence electrons. The minimum Gasteiger partial charge on any atom is -0.462 e. The van der Waals surface area contributed by atoms with Gasteiger partial charge in [-0.1, -0.05) is 31.5 Å². The highest BCUT2D eigenvalue weighted by Crippen LogP contribution is 2.17. The molecule has 2 rings (SSSR count). The highest BCUT2D eigenvalue weighted by molar-refractivity contribution is 6.09. The molecule has 0 saturated carbocycles. The molecule has 7 nitrogen and oxygen atoms in total. The highest BCUT2D eigenvalue weighted by Gasteiger charge is 2.16. The Morgan fingerprint density at radius 1 is 1.22 bits per heavy atom. The van der Waals surface area contributed by atoms with Crippen LogP contribution in [0, 0.1) is 11.3 Å². The molecular formula is C20H20N4O3. The number of ether oxygens (including phenoxy) is 1. The molecule has 0 radical (unpaired) electrons. The van der Waals surface area contributed by atoms with E-state index < -0.39 is 11.9 Å². The fourth-order valence-corrected chi connectivity index (χ4v) is 2.09. The molecule has 2 aromatic rings. The van der Waals surface area contributed by atoms with Gasteiger partial charge in [0.15, 0.2) is 0 Å². The molecule has 0 aliphatic carbocycles. The van der Waals surface area contributed by atoms with Crippen molar-refractivity contribution in [1.82, 2.24) is 4.98 Å². The Kier molecular flexibility index (Phi) is 7.54. The van der Waals surface area contributed by atoms with E-state index in [0.717, 1.165) is 12.8 Å². The number of anilines is 2. The van der Waals surface area contributed by atoms with Crippen LogP contribution in [0.4, 0.5) is 11.5 Å². The zero-order valence-corrected chi connectivity index (χ0v) is 14.9. The van der Waals surface area contributed by atoms with Gasteiger partial charge in [0.05, 0.1) is 17.9 Å². The molecule has 0 atom stereocenters. The van der Waals surface area contributed by atoms with Gasteiger partial charge in [0.25, 0.3) is 5.91 Å². The summed E-state index contributed by atoms with van der Waals surface area (Å²) in [7, 11) is 0. The molecule has 0 aliphatic heterocycles. The Morgan fingerprint density at radius 2 is 2.00 bits per heavy atom. The number of hydrogen-bond acceptors (Lipinski definition) is 6. The van der Waals surface area contributed by atoms with Crippen molar-refractivity contribution < 1.29 is 14.3 Å². The fraction of sp³-hybridized carbons (Fsp3) is 0.200. The summed E-state index contributed by atoms with van der Waals surface area (Å²) in [6, 6.07) is 13.5. The summed E-state index contributed by atoms with van der Waals surface area (Å²) in [6.45, 7) is 2.31. The summed E-state index contributed by atoms with van der Waals surface area (Å²) >= 11 is 0. The molecule has 0 bridgehead atoms. The first-order chi connectivity index (χ1) is 13.2. The van der Waals surface area contributed by atoms with Crippen molar-refractivity contribution in [3.8, 4) is 6.07 Å². The molecule has 2 N–H and O–H groups in total. The fourth-order valence-electron chi connectivity index (χ4n) is 2.09. The second kappa shape index (κ2) is 10.4.